The number of hydrogen-bond acceptors (Lipinski definition) is 2. The Kier molecular flexibility index (Phi) is 2.93. The smallest absolute Gasteiger partial charge is 0.409 e. The Balaban J connectivity index is 1.89. The van der Waals surface area contributed by atoms with Crippen LogP contribution in [0.3, 0.4) is 0 Å². The summed E-state index contributed by atoms with van der Waals surface area (Å²) in [5, 5.41) is 1.26. The van der Waals surface area contributed by atoms with Crippen molar-refractivity contribution in [1.29, 1.82) is 0 Å². The summed E-state index contributed by atoms with van der Waals surface area (Å²) in [5.74, 6) is 0.400. The molecule has 1 aliphatic rings. The van der Waals surface area contributed by atoms with E-state index in [1.54, 1.807) is 4.90 Å². The van der Waals surface area contributed by atoms with E-state index in [2.05, 4.69) is 41.9 Å². The Morgan fingerprint density at radius 1 is 1.37 bits per heavy atom. The average Bonchev–Trinajstić information content (AvgIpc) is 3.04. The number of benzene rings is 1. The Bertz CT molecular complexity index is 618. The van der Waals surface area contributed by atoms with Gasteiger partial charge in [0.1, 0.15) is 0 Å². The van der Waals surface area contributed by atoms with E-state index in [9.17, 15) is 4.79 Å². The van der Waals surface area contributed by atoms with Crippen molar-refractivity contribution in [2.24, 2.45) is 7.05 Å². The average molecular weight is 258 g/mol. The van der Waals surface area contributed by atoms with Gasteiger partial charge in [-0.2, -0.15) is 0 Å². The van der Waals surface area contributed by atoms with E-state index in [1.165, 1.54) is 23.7 Å². The number of nitrogens with zero attached hydrogens (tertiary/aromatic N) is 2. The number of aromatic nitrogens is 1. The van der Waals surface area contributed by atoms with Gasteiger partial charge in [0.2, 0.25) is 0 Å². The zero-order chi connectivity index (χ0) is 13.4. The van der Waals surface area contributed by atoms with Gasteiger partial charge in [-0.15, -0.1) is 0 Å². The third-order valence-corrected chi connectivity index (χ3v) is 4.03. The Morgan fingerprint density at radius 3 is 2.89 bits per heavy atom. The summed E-state index contributed by atoms with van der Waals surface area (Å²) in [7, 11) is 3.53. The molecule has 1 saturated heterocycles. The van der Waals surface area contributed by atoms with Gasteiger partial charge < -0.3 is 14.2 Å². The van der Waals surface area contributed by atoms with Crippen LogP contribution in [0.15, 0.2) is 30.3 Å². The molecule has 1 fully saturated rings. The van der Waals surface area contributed by atoms with Gasteiger partial charge in [0.25, 0.3) is 0 Å². The number of carbonyl (C=O) groups excluding carboxylic acids is 1. The van der Waals surface area contributed by atoms with E-state index >= 15 is 0 Å². The van der Waals surface area contributed by atoms with Gasteiger partial charge in [0.15, 0.2) is 0 Å². The lowest BCUT2D eigenvalue weighted by Crippen LogP contribution is -2.28. The van der Waals surface area contributed by atoms with Gasteiger partial charge in [-0.1, -0.05) is 18.2 Å². The molecular formula is C15H18N2O2. The third-order valence-electron chi connectivity index (χ3n) is 4.03. The predicted octanol–water partition coefficient (Wildman–Crippen LogP) is 2.73. The predicted molar refractivity (Wildman–Crippen MR) is 74.3 cm³/mol. The topological polar surface area (TPSA) is 34.5 Å². The molecule has 19 heavy (non-hydrogen) atoms. The molecule has 3 rings (SSSR count). The Labute approximate surface area is 112 Å². The number of carbonyl (C=O) groups is 1. The first-order valence-corrected chi connectivity index (χ1v) is 6.58. The molecule has 4 heteroatoms. The summed E-state index contributed by atoms with van der Waals surface area (Å²) in [5.41, 5.74) is 2.54. The molecule has 4 nitrogen and oxygen atoms in total. The highest BCUT2D eigenvalue weighted by molar-refractivity contribution is 5.81. The molecule has 1 aromatic heterocycles. The maximum absolute atomic E-state index is 11.5. The first kappa shape index (κ1) is 12.1. The van der Waals surface area contributed by atoms with Gasteiger partial charge in [0.05, 0.1) is 7.11 Å². The fourth-order valence-corrected chi connectivity index (χ4v) is 3.00. The second kappa shape index (κ2) is 4.61. The number of hydrogen-bond donors (Lipinski definition) is 0. The standard InChI is InChI=1S/C15H18N2O2/c1-16-13-6-4-3-5-11(13)9-14(16)12-7-8-17(10-12)15(18)19-2/h3-6,9,12H,7-8,10H2,1-2H3. The third kappa shape index (κ3) is 1.97. The molecule has 0 saturated carbocycles. The molecule has 0 N–H and O–H groups in total. The van der Waals surface area contributed by atoms with E-state index in [-0.39, 0.29) is 6.09 Å². The summed E-state index contributed by atoms with van der Waals surface area (Å²) in [6, 6.07) is 10.6. The van der Waals surface area contributed by atoms with Gasteiger partial charge in [0, 0.05) is 37.3 Å². The van der Waals surface area contributed by atoms with Crippen LogP contribution in [0.25, 0.3) is 10.9 Å². The summed E-state index contributed by atoms with van der Waals surface area (Å²) in [6.45, 7) is 1.52. The van der Waals surface area contributed by atoms with Crippen molar-refractivity contribution in [1.82, 2.24) is 9.47 Å². The molecule has 1 aliphatic heterocycles. The van der Waals surface area contributed by atoms with E-state index < -0.39 is 0 Å². The second-order valence-electron chi connectivity index (χ2n) is 5.09. The van der Waals surface area contributed by atoms with E-state index in [0.717, 1.165) is 19.5 Å². The van der Waals surface area contributed by atoms with Crippen molar-refractivity contribution in [3.63, 3.8) is 0 Å². The van der Waals surface area contributed by atoms with Crippen LogP contribution < -0.4 is 0 Å². The lowest BCUT2D eigenvalue weighted by Gasteiger charge is -2.15. The van der Waals surface area contributed by atoms with Crippen molar-refractivity contribution in [3.8, 4) is 0 Å². The molecule has 0 spiro atoms. The molecule has 2 heterocycles. The first-order valence-electron chi connectivity index (χ1n) is 6.58. The highest BCUT2D eigenvalue weighted by Gasteiger charge is 2.29. The molecule has 0 aliphatic carbocycles. The number of ether oxygens (including phenoxy) is 1. The van der Waals surface area contributed by atoms with Crippen molar-refractivity contribution >= 4 is 17.0 Å². The van der Waals surface area contributed by atoms with Crippen LogP contribution in [0, 0.1) is 0 Å². The second-order valence-corrected chi connectivity index (χ2v) is 5.09. The number of para-hydroxylation sites is 1. The monoisotopic (exact) mass is 258 g/mol. The van der Waals surface area contributed by atoms with Crippen molar-refractivity contribution in [2.45, 2.75) is 12.3 Å². The molecule has 0 bridgehead atoms. The summed E-state index contributed by atoms with van der Waals surface area (Å²) < 4.78 is 7.02. The number of amides is 1. The lowest BCUT2D eigenvalue weighted by atomic mass is 10.0. The highest BCUT2D eigenvalue weighted by Crippen LogP contribution is 2.31. The summed E-state index contributed by atoms with van der Waals surface area (Å²) in [4.78, 5) is 13.3. The summed E-state index contributed by atoms with van der Waals surface area (Å²) >= 11 is 0. The SMILES string of the molecule is COC(=O)N1CCC(c2cc3ccccc3n2C)C1. The van der Waals surface area contributed by atoms with Crippen molar-refractivity contribution in [2.75, 3.05) is 20.2 Å². The largest absolute Gasteiger partial charge is 0.453 e. The Morgan fingerprint density at radius 2 is 2.16 bits per heavy atom. The fourth-order valence-electron chi connectivity index (χ4n) is 3.00. The molecule has 2 aromatic rings. The molecule has 1 atom stereocenters. The van der Waals surface area contributed by atoms with Crippen molar-refractivity contribution < 1.29 is 9.53 Å². The van der Waals surface area contributed by atoms with Gasteiger partial charge in [-0.3, -0.25) is 0 Å². The number of fused-ring (bicyclic) bond motifs is 1. The minimum Gasteiger partial charge on any atom is -0.453 e. The highest BCUT2D eigenvalue weighted by atomic mass is 16.5. The quantitative estimate of drug-likeness (QED) is 0.788. The number of rotatable bonds is 1. The van der Waals surface area contributed by atoms with Crippen LogP contribution >= 0.6 is 0 Å². The normalized spacial score (nSPS) is 19.1. The molecule has 100 valence electrons. The van der Waals surface area contributed by atoms with Gasteiger partial charge in [-0.25, -0.2) is 4.79 Å². The fraction of sp³-hybridized carbons (Fsp3) is 0.400. The minimum atomic E-state index is -0.221. The van der Waals surface area contributed by atoms with Crippen molar-refractivity contribution in [3.05, 3.63) is 36.0 Å². The molecule has 0 radical (unpaired) electrons. The number of aryl methyl sites for hydroxylation is 1. The molecule has 1 aromatic carbocycles. The number of methoxy groups -OCH3 is 1. The maximum Gasteiger partial charge on any atom is 0.409 e. The van der Waals surface area contributed by atoms with E-state index in [1.807, 2.05) is 0 Å². The van der Waals surface area contributed by atoms with E-state index in [4.69, 9.17) is 4.74 Å². The lowest BCUT2D eigenvalue weighted by molar-refractivity contribution is 0.132. The van der Waals surface area contributed by atoms with Gasteiger partial charge in [-0.05, 0) is 23.9 Å². The summed E-state index contributed by atoms with van der Waals surface area (Å²) in [6.07, 6.45) is 0.778. The zero-order valence-corrected chi connectivity index (χ0v) is 11.3. The Hall–Kier alpha value is -1.97. The van der Waals surface area contributed by atoms with Crippen LogP contribution in [0.5, 0.6) is 0 Å². The minimum absolute atomic E-state index is 0.221. The van der Waals surface area contributed by atoms with Crippen LogP contribution in [-0.4, -0.2) is 35.8 Å². The van der Waals surface area contributed by atoms with Gasteiger partial charge >= 0.3 is 6.09 Å². The van der Waals surface area contributed by atoms with Crippen LogP contribution in [0.2, 0.25) is 0 Å². The molecule has 1 unspecified atom stereocenters. The molecule has 1 amide bonds. The number of likely N-dealkylation sites (tertiary alicyclic amines) is 1. The molecular weight excluding hydrogens is 240 g/mol. The zero-order valence-electron chi connectivity index (χ0n) is 11.3. The van der Waals surface area contributed by atoms with E-state index in [0.29, 0.717) is 5.92 Å². The maximum atomic E-state index is 11.5. The van der Waals surface area contributed by atoms with Crippen LogP contribution in [0.4, 0.5) is 4.79 Å². The van der Waals surface area contributed by atoms with Crippen LogP contribution in [-0.2, 0) is 11.8 Å². The van der Waals surface area contributed by atoms with Crippen LogP contribution in [0.1, 0.15) is 18.0 Å². The first-order chi connectivity index (χ1) is 9.20.